The minimum Gasteiger partial charge on any atom is -0.393 e. The Bertz CT molecular complexity index is 810. The fourth-order valence-corrected chi connectivity index (χ4v) is 9.41. The molecular weight excluding hydrogens is 388 g/mol. The largest absolute Gasteiger partial charge is 0.393 e. The van der Waals surface area contributed by atoms with Crippen LogP contribution < -0.4 is 0 Å². The van der Waals surface area contributed by atoms with Gasteiger partial charge >= 0.3 is 0 Å². The zero-order valence-electron chi connectivity index (χ0n) is 19.7. The van der Waals surface area contributed by atoms with Gasteiger partial charge in [0.2, 0.25) is 0 Å². The molecule has 2 saturated heterocycles. The van der Waals surface area contributed by atoms with Crippen molar-refractivity contribution in [2.75, 3.05) is 6.61 Å². The zero-order chi connectivity index (χ0) is 21.8. The van der Waals surface area contributed by atoms with Gasteiger partial charge in [-0.3, -0.25) is 4.79 Å². The fourth-order valence-electron chi connectivity index (χ4n) is 9.41. The highest BCUT2D eigenvalue weighted by Gasteiger charge is 2.69. The van der Waals surface area contributed by atoms with Gasteiger partial charge in [0, 0.05) is 18.3 Å². The molecule has 4 heteroatoms. The van der Waals surface area contributed by atoms with E-state index in [4.69, 9.17) is 9.47 Å². The Labute approximate surface area is 187 Å². The highest BCUT2D eigenvalue weighted by molar-refractivity contribution is 5.94. The molecule has 1 N–H and O–H groups in total. The molecule has 0 bridgehead atoms. The van der Waals surface area contributed by atoms with E-state index in [0.29, 0.717) is 41.8 Å². The van der Waals surface area contributed by atoms with Gasteiger partial charge in [-0.1, -0.05) is 33.3 Å². The molecular formula is C27H40O4. The lowest BCUT2D eigenvalue weighted by Gasteiger charge is -2.57. The van der Waals surface area contributed by atoms with Crippen molar-refractivity contribution >= 4 is 5.78 Å². The first kappa shape index (κ1) is 20.9. The number of aliphatic hydroxyl groups is 1. The molecule has 31 heavy (non-hydrogen) atoms. The van der Waals surface area contributed by atoms with Gasteiger partial charge in [0.05, 0.1) is 18.8 Å². The zero-order valence-corrected chi connectivity index (χ0v) is 19.7. The summed E-state index contributed by atoms with van der Waals surface area (Å²) < 4.78 is 13.2. The molecule has 11 atom stereocenters. The lowest BCUT2D eigenvalue weighted by molar-refractivity contribution is -0.272. The van der Waals surface area contributed by atoms with Crippen molar-refractivity contribution < 1.29 is 19.4 Å². The van der Waals surface area contributed by atoms with Crippen LogP contribution in [0.5, 0.6) is 0 Å². The topological polar surface area (TPSA) is 55.8 Å². The molecule has 2 aliphatic heterocycles. The van der Waals surface area contributed by atoms with Gasteiger partial charge in [0.25, 0.3) is 0 Å². The second-order valence-electron chi connectivity index (χ2n) is 12.6. The summed E-state index contributed by atoms with van der Waals surface area (Å²) in [4.78, 5) is 13.5. The minimum atomic E-state index is -0.387. The van der Waals surface area contributed by atoms with E-state index in [1.165, 1.54) is 18.4 Å². The van der Waals surface area contributed by atoms with Gasteiger partial charge in [-0.25, -0.2) is 0 Å². The van der Waals surface area contributed by atoms with Gasteiger partial charge in [-0.15, -0.1) is 0 Å². The van der Waals surface area contributed by atoms with E-state index >= 15 is 0 Å². The van der Waals surface area contributed by atoms with Gasteiger partial charge in [-0.05, 0) is 85.5 Å². The number of rotatable bonds is 0. The SMILES string of the molecule is C[C@@H]1CC[C@]2(OC1)O[C@H]1C[C@H]3[C@@H]4C(=O)C=C5C[C@@H](O)CC[C@]5(C)[C@H]4CC[C@]3(C)[C@H]1[C@@H]2C. The van der Waals surface area contributed by atoms with Crippen LogP contribution in [0.2, 0.25) is 0 Å². The Morgan fingerprint density at radius 3 is 2.61 bits per heavy atom. The number of aliphatic hydroxyl groups excluding tert-OH is 1. The van der Waals surface area contributed by atoms with Crippen LogP contribution in [-0.2, 0) is 14.3 Å². The van der Waals surface area contributed by atoms with Crippen LogP contribution in [-0.4, -0.2) is 35.5 Å². The number of allylic oxidation sites excluding steroid dienone is 1. The lowest BCUT2D eigenvalue weighted by Crippen LogP contribution is -2.54. The Morgan fingerprint density at radius 1 is 1.06 bits per heavy atom. The van der Waals surface area contributed by atoms with Crippen molar-refractivity contribution in [2.24, 2.45) is 46.3 Å². The summed E-state index contributed by atoms with van der Waals surface area (Å²) in [7, 11) is 0. The monoisotopic (exact) mass is 428 g/mol. The predicted octanol–water partition coefficient (Wildman–Crippen LogP) is 4.89. The van der Waals surface area contributed by atoms with Crippen LogP contribution in [0, 0.1) is 46.3 Å². The number of hydrogen-bond donors (Lipinski definition) is 1. The first-order chi connectivity index (χ1) is 14.7. The highest BCUT2D eigenvalue weighted by Crippen LogP contribution is 2.70. The van der Waals surface area contributed by atoms with Crippen molar-refractivity contribution in [2.45, 2.75) is 97.1 Å². The van der Waals surface area contributed by atoms with Crippen molar-refractivity contribution in [3.8, 4) is 0 Å². The molecule has 0 unspecified atom stereocenters. The third-order valence-electron chi connectivity index (χ3n) is 11.2. The quantitative estimate of drug-likeness (QED) is 0.597. The molecule has 0 aromatic carbocycles. The van der Waals surface area contributed by atoms with E-state index in [2.05, 4.69) is 27.7 Å². The van der Waals surface area contributed by atoms with E-state index < -0.39 is 0 Å². The van der Waals surface area contributed by atoms with Crippen molar-refractivity contribution in [1.82, 2.24) is 0 Å². The number of ketones is 1. The summed E-state index contributed by atoms with van der Waals surface area (Å²) in [5, 5.41) is 10.2. The molecule has 0 aromatic rings. The van der Waals surface area contributed by atoms with Crippen LogP contribution >= 0.6 is 0 Å². The molecule has 5 fully saturated rings. The van der Waals surface area contributed by atoms with Crippen LogP contribution in [0.15, 0.2) is 11.6 Å². The van der Waals surface area contributed by atoms with Crippen LogP contribution in [0.4, 0.5) is 0 Å². The minimum absolute atomic E-state index is 0.0904. The normalized spacial score (nSPS) is 58.4. The first-order valence-electron chi connectivity index (χ1n) is 12.9. The maximum absolute atomic E-state index is 13.5. The number of hydrogen-bond acceptors (Lipinski definition) is 4. The summed E-state index contributed by atoms with van der Waals surface area (Å²) in [6.45, 7) is 10.3. The van der Waals surface area contributed by atoms with Gasteiger partial charge in [0.1, 0.15) is 0 Å². The molecule has 4 nitrogen and oxygen atoms in total. The van der Waals surface area contributed by atoms with Crippen molar-refractivity contribution in [3.05, 3.63) is 11.6 Å². The molecule has 4 aliphatic carbocycles. The molecule has 2 heterocycles. The Balaban J connectivity index is 1.32. The molecule has 6 rings (SSSR count). The van der Waals surface area contributed by atoms with Gasteiger partial charge < -0.3 is 14.6 Å². The molecule has 172 valence electrons. The summed E-state index contributed by atoms with van der Waals surface area (Å²) in [5.41, 5.74) is 1.48. The summed E-state index contributed by atoms with van der Waals surface area (Å²) in [6, 6.07) is 0. The van der Waals surface area contributed by atoms with Crippen LogP contribution in [0.25, 0.3) is 0 Å². The third-order valence-corrected chi connectivity index (χ3v) is 11.2. The summed E-state index contributed by atoms with van der Waals surface area (Å²) >= 11 is 0. The first-order valence-corrected chi connectivity index (χ1v) is 12.9. The molecule has 6 aliphatic rings. The van der Waals surface area contributed by atoms with Crippen LogP contribution in [0.1, 0.15) is 79.1 Å². The van der Waals surface area contributed by atoms with Crippen molar-refractivity contribution in [3.63, 3.8) is 0 Å². The number of ether oxygens (including phenoxy) is 2. The number of fused-ring (bicyclic) bond motifs is 7. The molecule has 0 radical (unpaired) electrons. The maximum Gasteiger partial charge on any atom is 0.171 e. The average Bonchev–Trinajstić information content (AvgIpc) is 3.16. The van der Waals surface area contributed by atoms with E-state index in [-0.39, 0.29) is 34.7 Å². The van der Waals surface area contributed by atoms with Gasteiger partial charge in [-0.2, -0.15) is 0 Å². The van der Waals surface area contributed by atoms with E-state index in [1.807, 2.05) is 6.08 Å². The molecule has 1 spiro atoms. The number of carbonyl (C=O) groups excluding carboxylic acids is 1. The second-order valence-corrected chi connectivity index (χ2v) is 12.6. The van der Waals surface area contributed by atoms with E-state index in [0.717, 1.165) is 38.7 Å². The third kappa shape index (κ3) is 2.68. The number of carbonyl (C=O) groups is 1. The highest BCUT2D eigenvalue weighted by atomic mass is 16.7. The summed E-state index contributed by atoms with van der Waals surface area (Å²) in [5.74, 6) is 2.43. The fraction of sp³-hybridized carbons (Fsp3) is 0.889. The Morgan fingerprint density at radius 2 is 1.87 bits per heavy atom. The average molecular weight is 429 g/mol. The molecule has 0 amide bonds. The lowest BCUT2D eigenvalue weighted by atomic mass is 9.46. The van der Waals surface area contributed by atoms with Crippen molar-refractivity contribution in [1.29, 1.82) is 0 Å². The maximum atomic E-state index is 13.5. The van der Waals surface area contributed by atoms with E-state index in [1.54, 1.807) is 0 Å². The Hall–Kier alpha value is -0.710. The smallest absolute Gasteiger partial charge is 0.171 e. The van der Waals surface area contributed by atoms with Crippen LogP contribution in [0.3, 0.4) is 0 Å². The van der Waals surface area contributed by atoms with E-state index in [9.17, 15) is 9.90 Å². The summed E-state index contributed by atoms with van der Waals surface area (Å²) in [6.07, 6.45) is 10.0. The molecule has 0 aromatic heterocycles. The second kappa shape index (κ2) is 6.67. The standard InChI is InChI=1S/C27H40O4/c1-15-5-10-27(30-14-15)16(2)24-22(31-27)13-20-23-19(7-9-26(20,24)4)25(3)8-6-18(28)11-17(25)12-21(23)29/h12,15-16,18-20,22-24,28H,5-11,13-14H2,1-4H3/t15-,16+,18+,19+,20+,22+,23-,24+,25+,26+,27+/m1/s1. The van der Waals surface area contributed by atoms with Gasteiger partial charge in [0.15, 0.2) is 11.6 Å². The Kier molecular flexibility index (Phi) is 4.49. The molecule has 3 saturated carbocycles. The predicted molar refractivity (Wildman–Crippen MR) is 118 cm³/mol.